The van der Waals surface area contributed by atoms with E-state index in [0.717, 1.165) is 44.4 Å². The van der Waals surface area contributed by atoms with Crippen LogP contribution in [0, 0.1) is 5.92 Å². The van der Waals surface area contributed by atoms with Crippen molar-refractivity contribution in [2.75, 3.05) is 13.2 Å². The Balaban J connectivity index is 2.39. The number of carbonyl (C=O) groups is 1. The van der Waals surface area contributed by atoms with Gasteiger partial charge in [0.1, 0.15) is 36.6 Å². The standard InChI is InChI=1S/C45H89NO10/c1-4-5-6-7-8-9-10-11-12-13-14-15-16-17-18-19-22-26-29-32-38(49)44(54)46-36(34-55-45-43(53)42(52)41(51)39(33-47)56-45)40(50)37(48)31-28-25-23-20-21-24-27-30-35(2)3/h35-43,45,47-53H,4-34H2,1-3H3,(H,46,54)/t36-,37+,38+,39+,40-,41-,42-,43+,45+/m0/s1. The van der Waals surface area contributed by atoms with Gasteiger partial charge in [-0.25, -0.2) is 0 Å². The Labute approximate surface area is 341 Å². The quantitative estimate of drug-likeness (QED) is 0.0293. The van der Waals surface area contributed by atoms with E-state index >= 15 is 0 Å². The lowest BCUT2D eigenvalue weighted by atomic mass is 9.98. The Hall–Kier alpha value is -0.890. The van der Waals surface area contributed by atoms with Crippen molar-refractivity contribution in [2.24, 2.45) is 5.92 Å². The fraction of sp³-hybridized carbons (Fsp3) is 0.978. The molecule has 11 nitrogen and oxygen atoms in total. The molecule has 8 N–H and O–H groups in total. The van der Waals surface area contributed by atoms with Gasteiger partial charge in [-0.05, 0) is 18.8 Å². The average Bonchev–Trinajstić information content (AvgIpc) is 3.18. The molecule has 1 rings (SSSR count). The molecule has 56 heavy (non-hydrogen) atoms. The predicted octanol–water partition coefficient (Wildman–Crippen LogP) is 7.36. The van der Waals surface area contributed by atoms with Crippen molar-refractivity contribution in [3.05, 3.63) is 0 Å². The van der Waals surface area contributed by atoms with Crippen LogP contribution < -0.4 is 5.32 Å². The van der Waals surface area contributed by atoms with Gasteiger partial charge in [-0.3, -0.25) is 4.79 Å². The van der Waals surface area contributed by atoms with E-state index < -0.39 is 74.2 Å². The van der Waals surface area contributed by atoms with Gasteiger partial charge in [-0.2, -0.15) is 0 Å². The topological polar surface area (TPSA) is 189 Å². The van der Waals surface area contributed by atoms with Crippen molar-refractivity contribution < 1.29 is 50.0 Å². The molecule has 0 aromatic rings. The first-order valence-electron chi connectivity index (χ1n) is 23.3. The molecular weight excluding hydrogens is 714 g/mol. The summed E-state index contributed by atoms with van der Waals surface area (Å²) < 4.78 is 11.1. The number of amides is 1. The van der Waals surface area contributed by atoms with E-state index in [2.05, 4.69) is 26.1 Å². The summed E-state index contributed by atoms with van der Waals surface area (Å²) in [7, 11) is 0. The van der Waals surface area contributed by atoms with Gasteiger partial charge in [0, 0.05) is 0 Å². The SMILES string of the molecule is CCCCCCCCCCCCCCCCCCCCC[C@@H](O)C(=O)N[C@@H](CO[C@@H]1O[C@H](CO)[C@H](O)[C@H](O)[C@H]1O)[C@H](O)[C@H](O)CCCCCCCCCC(C)C. The summed E-state index contributed by atoms with van der Waals surface area (Å²) in [5, 5.41) is 75.5. The van der Waals surface area contributed by atoms with Gasteiger partial charge < -0.3 is 50.5 Å². The lowest BCUT2D eigenvalue weighted by Crippen LogP contribution is -2.60. The molecule has 0 saturated carbocycles. The number of nitrogens with one attached hydrogen (secondary N) is 1. The number of aliphatic hydroxyl groups excluding tert-OH is 7. The van der Waals surface area contributed by atoms with Gasteiger partial charge in [0.2, 0.25) is 5.91 Å². The fourth-order valence-electron chi connectivity index (χ4n) is 7.68. The molecule has 1 fully saturated rings. The number of ether oxygens (including phenoxy) is 2. The molecule has 0 bridgehead atoms. The van der Waals surface area contributed by atoms with Crippen LogP contribution in [0.5, 0.6) is 0 Å². The summed E-state index contributed by atoms with van der Waals surface area (Å²) in [5.74, 6) is 0.0317. The number of rotatable bonds is 38. The smallest absolute Gasteiger partial charge is 0.249 e. The molecule has 0 radical (unpaired) electrons. The first kappa shape index (κ1) is 53.1. The van der Waals surface area contributed by atoms with Gasteiger partial charge in [0.25, 0.3) is 0 Å². The molecule has 1 aliphatic heterocycles. The van der Waals surface area contributed by atoms with E-state index in [1.165, 1.54) is 122 Å². The van der Waals surface area contributed by atoms with Crippen molar-refractivity contribution >= 4 is 5.91 Å². The number of aliphatic hydroxyl groups is 7. The zero-order valence-corrected chi connectivity index (χ0v) is 36.0. The van der Waals surface area contributed by atoms with Crippen LogP contribution in [0.3, 0.4) is 0 Å². The van der Waals surface area contributed by atoms with Crippen LogP contribution in [-0.2, 0) is 14.3 Å². The van der Waals surface area contributed by atoms with Gasteiger partial charge in [0.15, 0.2) is 6.29 Å². The third-order valence-corrected chi connectivity index (χ3v) is 11.6. The average molecular weight is 804 g/mol. The lowest BCUT2D eigenvalue weighted by Gasteiger charge is -2.40. The predicted molar refractivity (Wildman–Crippen MR) is 224 cm³/mol. The summed E-state index contributed by atoms with van der Waals surface area (Å²) >= 11 is 0. The molecular formula is C45H89NO10. The van der Waals surface area contributed by atoms with Crippen molar-refractivity contribution in [1.82, 2.24) is 5.32 Å². The van der Waals surface area contributed by atoms with Crippen LogP contribution in [0.2, 0.25) is 0 Å². The number of hydrogen-bond donors (Lipinski definition) is 8. The minimum absolute atomic E-state index is 0.265. The summed E-state index contributed by atoms with van der Waals surface area (Å²) in [4.78, 5) is 13.1. The lowest BCUT2D eigenvalue weighted by molar-refractivity contribution is -0.303. The Bertz CT molecular complexity index is 895. The third-order valence-electron chi connectivity index (χ3n) is 11.6. The second kappa shape index (κ2) is 34.9. The normalized spacial score (nSPS) is 22.3. The highest BCUT2D eigenvalue weighted by Crippen LogP contribution is 2.23. The van der Waals surface area contributed by atoms with Crippen molar-refractivity contribution in [1.29, 1.82) is 0 Å². The minimum atomic E-state index is -1.66. The van der Waals surface area contributed by atoms with Gasteiger partial charge in [-0.1, -0.05) is 194 Å². The Morgan fingerprint density at radius 1 is 0.589 bits per heavy atom. The Kier molecular flexibility index (Phi) is 33.1. The first-order chi connectivity index (χ1) is 27.0. The van der Waals surface area contributed by atoms with Crippen LogP contribution in [0.4, 0.5) is 0 Å². The second-order valence-corrected chi connectivity index (χ2v) is 17.3. The van der Waals surface area contributed by atoms with E-state index in [4.69, 9.17) is 9.47 Å². The van der Waals surface area contributed by atoms with E-state index in [1.807, 2.05) is 0 Å². The zero-order chi connectivity index (χ0) is 41.4. The zero-order valence-electron chi connectivity index (χ0n) is 36.0. The van der Waals surface area contributed by atoms with Gasteiger partial charge in [0.05, 0.1) is 25.4 Å². The molecule has 1 saturated heterocycles. The van der Waals surface area contributed by atoms with Crippen molar-refractivity contribution in [2.45, 2.75) is 262 Å². The molecule has 1 heterocycles. The maximum absolute atomic E-state index is 13.1. The van der Waals surface area contributed by atoms with Crippen molar-refractivity contribution in [3.63, 3.8) is 0 Å². The number of unbranched alkanes of at least 4 members (excludes halogenated alkanes) is 24. The van der Waals surface area contributed by atoms with Crippen LogP contribution >= 0.6 is 0 Å². The van der Waals surface area contributed by atoms with E-state index in [1.54, 1.807) is 0 Å². The van der Waals surface area contributed by atoms with Crippen LogP contribution in [-0.4, -0.2) is 110 Å². The third kappa shape index (κ3) is 25.6. The molecule has 11 heteroatoms. The molecule has 1 amide bonds. The summed E-state index contributed by atoms with van der Waals surface area (Å²) in [5.41, 5.74) is 0. The highest BCUT2D eigenvalue weighted by atomic mass is 16.7. The molecule has 1 aliphatic rings. The summed E-state index contributed by atoms with van der Waals surface area (Å²) in [6.07, 6.45) is 21.8. The molecule has 0 aliphatic carbocycles. The van der Waals surface area contributed by atoms with Gasteiger partial charge >= 0.3 is 0 Å². The van der Waals surface area contributed by atoms with Crippen LogP contribution in [0.15, 0.2) is 0 Å². The highest BCUT2D eigenvalue weighted by Gasteiger charge is 2.44. The summed E-state index contributed by atoms with van der Waals surface area (Å²) in [6.45, 7) is 5.69. The van der Waals surface area contributed by atoms with Crippen LogP contribution in [0.25, 0.3) is 0 Å². The second-order valence-electron chi connectivity index (χ2n) is 17.3. The van der Waals surface area contributed by atoms with E-state index in [-0.39, 0.29) is 6.42 Å². The Morgan fingerprint density at radius 3 is 1.43 bits per heavy atom. The summed E-state index contributed by atoms with van der Waals surface area (Å²) in [6, 6.07) is -1.16. The van der Waals surface area contributed by atoms with Crippen molar-refractivity contribution in [3.8, 4) is 0 Å². The minimum Gasteiger partial charge on any atom is -0.394 e. The molecule has 334 valence electrons. The Morgan fingerprint density at radius 2 is 1.00 bits per heavy atom. The highest BCUT2D eigenvalue weighted by molar-refractivity contribution is 5.80. The largest absolute Gasteiger partial charge is 0.394 e. The monoisotopic (exact) mass is 804 g/mol. The van der Waals surface area contributed by atoms with E-state index in [9.17, 15) is 40.5 Å². The van der Waals surface area contributed by atoms with Crippen LogP contribution in [0.1, 0.15) is 207 Å². The fourth-order valence-corrected chi connectivity index (χ4v) is 7.68. The number of carbonyl (C=O) groups excluding carboxylic acids is 1. The first-order valence-corrected chi connectivity index (χ1v) is 23.3. The molecule has 9 atom stereocenters. The number of hydrogen-bond acceptors (Lipinski definition) is 10. The molecule has 0 unspecified atom stereocenters. The van der Waals surface area contributed by atoms with E-state index in [0.29, 0.717) is 19.3 Å². The molecule has 0 aromatic carbocycles. The molecule has 0 spiro atoms. The van der Waals surface area contributed by atoms with Gasteiger partial charge in [-0.15, -0.1) is 0 Å². The maximum atomic E-state index is 13.1. The maximum Gasteiger partial charge on any atom is 0.249 e. The molecule has 0 aromatic heterocycles.